The van der Waals surface area contributed by atoms with Gasteiger partial charge in [-0.1, -0.05) is 78.3 Å². The van der Waals surface area contributed by atoms with Gasteiger partial charge in [-0.2, -0.15) is 0 Å². The topological polar surface area (TPSA) is 49.4 Å². The number of amides is 2. The van der Waals surface area contributed by atoms with E-state index in [1.165, 1.54) is 11.1 Å². The van der Waals surface area contributed by atoms with Crippen LogP contribution in [0.25, 0.3) is 0 Å². The summed E-state index contributed by atoms with van der Waals surface area (Å²) in [5.41, 5.74) is 4.38. The maximum Gasteiger partial charge on any atom is 0.243 e. The second kappa shape index (κ2) is 13.2. The number of rotatable bonds is 11. The first kappa shape index (κ1) is 25.9. The van der Waals surface area contributed by atoms with Gasteiger partial charge >= 0.3 is 0 Å². The van der Waals surface area contributed by atoms with Gasteiger partial charge in [-0.25, -0.2) is 0 Å². The highest BCUT2D eigenvalue weighted by Gasteiger charge is 2.30. The summed E-state index contributed by atoms with van der Waals surface area (Å²) in [6.45, 7) is 4.82. The van der Waals surface area contributed by atoms with Gasteiger partial charge in [0.1, 0.15) is 6.04 Å². The minimum Gasteiger partial charge on any atom is -0.355 e. The number of nitrogens with zero attached hydrogens (tertiary/aromatic N) is 1. The van der Waals surface area contributed by atoms with E-state index in [0.29, 0.717) is 30.3 Å². The quantitative estimate of drug-likeness (QED) is 0.374. The molecule has 0 saturated carbocycles. The van der Waals surface area contributed by atoms with E-state index in [2.05, 4.69) is 24.4 Å². The zero-order valence-electron chi connectivity index (χ0n) is 19.7. The van der Waals surface area contributed by atoms with E-state index in [4.69, 9.17) is 11.6 Å². The van der Waals surface area contributed by atoms with Crippen LogP contribution in [0.5, 0.6) is 0 Å². The molecule has 0 aliphatic rings. The van der Waals surface area contributed by atoms with Crippen LogP contribution in [-0.4, -0.2) is 35.1 Å². The molecule has 34 heavy (non-hydrogen) atoms. The Kier molecular flexibility index (Phi) is 10.0. The molecule has 0 unspecified atom stereocenters. The summed E-state index contributed by atoms with van der Waals surface area (Å²) in [4.78, 5) is 28.4. The highest BCUT2D eigenvalue weighted by molar-refractivity contribution is 7.99. The van der Waals surface area contributed by atoms with Gasteiger partial charge in [0.2, 0.25) is 11.8 Å². The van der Waals surface area contributed by atoms with Gasteiger partial charge < -0.3 is 10.2 Å². The Morgan fingerprint density at radius 2 is 1.62 bits per heavy atom. The molecule has 3 rings (SSSR count). The second-order valence-electron chi connectivity index (χ2n) is 8.17. The Balaban J connectivity index is 1.82. The molecule has 1 atom stereocenters. The molecule has 3 aromatic rings. The molecule has 0 bridgehead atoms. The van der Waals surface area contributed by atoms with Crippen LogP contribution < -0.4 is 5.32 Å². The van der Waals surface area contributed by atoms with Crippen molar-refractivity contribution in [2.45, 2.75) is 38.6 Å². The van der Waals surface area contributed by atoms with Crippen LogP contribution in [-0.2, 0) is 28.3 Å². The number of hydrogen-bond acceptors (Lipinski definition) is 3. The van der Waals surface area contributed by atoms with Gasteiger partial charge in [0.25, 0.3) is 0 Å². The average Bonchev–Trinajstić information content (AvgIpc) is 2.84. The second-order valence-corrected chi connectivity index (χ2v) is 9.59. The van der Waals surface area contributed by atoms with Crippen LogP contribution in [0.4, 0.5) is 0 Å². The highest BCUT2D eigenvalue weighted by Crippen LogP contribution is 2.20. The van der Waals surface area contributed by atoms with Crippen LogP contribution in [0.3, 0.4) is 0 Å². The SMILES string of the molecule is CCNC(=O)[C@@H](Cc1ccccc1)N(Cc1ccc(Cl)cc1)C(=O)CSCc1ccccc1C. The fourth-order valence-corrected chi connectivity index (χ4v) is 4.85. The van der Waals surface area contributed by atoms with E-state index in [9.17, 15) is 9.59 Å². The van der Waals surface area contributed by atoms with Crippen LogP contribution in [0.2, 0.25) is 5.02 Å². The van der Waals surface area contributed by atoms with Gasteiger partial charge in [0.05, 0.1) is 5.75 Å². The zero-order valence-corrected chi connectivity index (χ0v) is 21.2. The standard InChI is InChI=1S/C28H31ClN2O2S/c1-3-30-28(33)26(17-22-10-5-4-6-11-22)31(18-23-13-15-25(29)16-14-23)27(32)20-34-19-24-12-8-7-9-21(24)2/h4-16,26H,3,17-20H2,1-2H3,(H,30,33)/t26-/m1/s1. The van der Waals surface area contributed by atoms with Crippen molar-refractivity contribution in [3.63, 3.8) is 0 Å². The first-order chi connectivity index (χ1) is 16.5. The molecule has 0 heterocycles. The molecule has 1 N–H and O–H groups in total. The van der Waals surface area contributed by atoms with E-state index in [1.54, 1.807) is 16.7 Å². The van der Waals surface area contributed by atoms with Crippen LogP contribution in [0.15, 0.2) is 78.9 Å². The third kappa shape index (κ3) is 7.64. The molecule has 0 saturated heterocycles. The van der Waals surface area contributed by atoms with Crippen LogP contribution >= 0.6 is 23.4 Å². The maximum atomic E-state index is 13.5. The molecule has 178 valence electrons. The lowest BCUT2D eigenvalue weighted by Gasteiger charge is -2.31. The van der Waals surface area contributed by atoms with Gasteiger partial charge in [0.15, 0.2) is 0 Å². The zero-order chi connectivity index (χ0) is 24.3. The van der Waals surface area contributed by atoms with Crippen molar-refractivity contribution < 1.29 is 9.59 Å². The number of carbonyl (C=O) groups is 2. The number of aryl methyl sites for hydroxylation is 1. The maximum absolute atomic E-state index is 13.5. The minimum absolute atomic E-state index is 0.0549. The Morgan fingerprint density at radius 1 is 0.941 bits per heavy atom. The van der Waals surface area contributed by atoms with E-state index in [0.717, 1.165) is 16.9 Å². The Morgan fingerprint density at radius 3 is 2.29 bits per heavy atom. The van der Waals surface area contributed by atoms with Gasteiger partial charge in [-0.05, 0) is 48.2 Å². The Bertz CT molecular complexity index is 1070. The molecular weight excluding hydrogens is 464 g/mol. The summed E-state index contributed by atoms with van der Waals surface area (Å²) in [7, 11) is 0. The molecule has 2 amide bonds. The predicted molar refractivity (Wildman–Crippen MR) is 142 cm³/mol. The fraction of sp³-hybridized carbons (Fsp3) is 0.286. The number of carbonyl (C=O) groups excluding carboxylic acids is 2. The molecule has 0 aromatic heterocycles. The summed E-state index contributed by atoms with van der Waals surface area (Å²) in [5, 5.41) is 3.56. The molecular formula is C28H31ClN2O2S. The summed E-state index contributed by atoms with van der Waals surface area (Å²) >= 11 is 7.64. The lowest BCUT2D eigenvalue weighted by molar-refractivity contribution is -0.139. The minimum atomic E-state index is -0.607. The number of thioether (sulfide) groups is 1. The lowest BCUT2D eigenvalue weighted by Crippen LogP contribution is -2.51. The van der Waals surface area contributed by atoms with Crippen molar-refractivity contribution in [3.05, 3.63) is 106 Å². The van der Waals surface area contributed by atoms with E-state index in [-0.39, 0.29) is 11.8 Å². The molecule has 0 aliphatic carbocycles. The lowest BCUT2D eigenvalue weighted by atomic mass is 10.0. The van der Waals surface area contributed by atoms with Crippen LogP contribution in [0, 0.1) is 6.92 Å². The Hall–Kier alpha value is -2.76. The van der Waals surface area contributed by atoms with E-state index in [1.807, 2.05) is 73.7 Å². The van der Waals surface area contributed by atoms with Crippen molar-refractivity contribution in [2.75, 3.05) is 12.3 Å². The number of nitrogens with one attached hydrogen (secondary N) is 1. The summed E-state index contributed by atoms with van der Waals surface area (Å²) in [6, 6.07) is 24.9. The predicted octanol–water partition coefficient (Wildman–Crippen LogP) is 5.66. The first-order valence-corrected chi connectivity index (χ1v) is 13.0. The number of benzene rings is 3. The normalized spacial score (nSPS) is 11.6. The molecule has 4 nitrogen and oxygen atoms in total. The molecule has 0 fully saturated rings. The van der Waals surface area contributed by atoms with Gasteiger partial charge in [-0.15, -0.1) is 11.8 Å². The third-order valence-electron chi connectivity index (χ3n) is 5.63. The molecule has 0 aliphatic heterocycles. The molecule has 6 heteroatoms. The van der Waals surface area contributed by atoms with Crippen molar-refractivity contribution in [1.29, 1.82) is 0 Å². The largest absolute Gasteiger partial charge is 0.355 e. The van der Waals surface area contributed by atoms with Crippen molar-refractivity contribution in [3.8, 4) is 0 Å². The van der Waals surface area contributed by atoms with Crippen LogP contribution in [0.1, 0.15) is 29.2 Å². The average molecular weight is 495 g/mol. The number of likely N-dealkylation sites (N-methyl/N-ethyl adjacent to an activating group) is 1. The van der Waals surface area contributed by atoms with E-state index >= 15 is 0 Å². The summed E-state index contributed by atoms with van der Waals surface area (Å²) in [5.74, 6) is 0.850. The first-order valence-electron chi connectivity index (χ1n) is 11.5. The Labute approximate surface area is 211 Å². The van der Waals surface area contributed by atoms with Gasteiger partial charge in [0, 0.05) is 30.3 Å². The fourth-order valence-electron chi connectivity index (χ4n) is 3.74. The summed E-state index contributed by atoms with van der Waals surface area (Å²) < 4.78 is 0. The monoisotopic (exact) mass is 494 g/mol. The molecule has 0 spiro atoms. The molecule has 3 aromatic carbocycles. The van der Waals surface area contributed by atoms with Gasteiger partial charge in [-0.3, -0.25) is 9.59 Å². The number of halogens is 1. The van der Waals surface area contributed by atoms with Crippen molar-refractivity contribution >= 4 is 35.2 Å². The van der Waals surface area contributed by atoms with Crippen molar-refractivity contribution in [1.82, 2.24) is 10.2 Å². The highest BCUT2D eigenvalue weighted by atomic mass is 35.5. The third-order valence-corrected chi connectivity index (χ3v) is 6.85. The molecule has 0 radical (unpaired) electrons. The smallest absolute Gasteiger partial charge is 0.243 e. The van der Waals surface area contributed by atoms with E-state index < -0.39 is 6.04 Å². The van der Waals surface area contributed by atoms with Crippen molar-refractivity contribution in [2.24, 2.45) is 0 Å². The summed E-state index contributed by atoms with van der Waals surface area (Å²) in [6.07, 6.45) is 0.453. The number of hydrogen-bond donors (Lipinski definition) is 1.